The number of nitrogens with one attached hydrogen (secondary N) is 1. The molecule has 0 atom stereocenters. The summed E-state index contributed by atoms with van der Waals surface area (Å²) in [5, 5.41) is 4.80. The lowest BCUT2D eigenvalue weighted by Gasteiger charge is -2.22. The summed E-state index contributed by atoms with van der Waals surface area (Å²) in [6.45, 7) is 5.92. The molecule has 1 rings (SSSR count). The van der Waals surface area contributed by atoms with E-state index in [1.165, 1.54) is 27.7 Å². The third-order valence-corrected chi connectivity index (χ3v) is 6.66. The Hall–Kier alpha value is -0.540. The van der Waals surface area contributed by atoms with Crippen LogP contribution in [0.25, 0.3) is 0 Å². The Morgan fingerprint density at radius 3 is 2.00 bits per heavy atom. The second kappa shape index (κ2) is 5.58. The van der Waals surface area contributed by atoms with E-state index in [2.05, 4.69) is 4.72 Å². The van der Waals surface area contributed by atoms with Gasteiger partial charge in [-0.1, -0.05) is 23.2 Å². The number of nitrogens with two attached hydrogens (primary N) is 1. The van der Waals surface area contributed by atoms with Crippen LogP contribution in [0.1, 0.15) is 26.3 Å². The van der Waals surface area contributed by atoms with E-state index < -0.39 is 24.8 Å². The molecule has 1 aromatic rings. The number of halogens is 2. The van der Waals surface area contributed by atoms with Crippen LogP contribution in [0.5, 0.6) is 0 Å². The quantitative estimate of drug-likeness (QED) is 0.846. The predicted octanol–water partition coefficient (Wildman–Crippen LogP) is 2.49. The third kappa shape index (κ3) is 3.81. The highest BCUT2D eigenvalue weighted by Gasteiger charge is 2.31. The predicted molar refractivity (Wildman–Crippen MR) is 84.9 cm³/mol. The van der Waals surface area contributed by atoms with Crippen molar-refractivity contribution < 1.29 is 16.8 Å². The fraction of sp³-hybridized carbons (Fsp3) is 0.455. The number of sulfonamides is 2. The summed E-state index contributed by atoms with van der Waals surface area (Å²) < 4.78 is 48.4. The van der Waals surface area contributed by atoms with E-state index in [1.54, 1.807) is 0 Å². The lowest BCUT2D eigenvalue weighted by Crippen LogP contribution is -2.34. The number of hydrogen-bond donors (Lipinski definition) is 2. The van der Waals surface area contributed by atoms with Crippen LogP contribution < -0.4 is 9.86 Å². The van der Waals surface area contributed by atoms with Gasteiger partial charge in [0.05, 0.1) is 25.4 Å². The molecular weight excluding hydrogens is 359 g/mol. The van der Waals surface area contributed by atoms with Gasteiger partial charge in [-0.2, -0.15) is 0 Å². The molecule has 0 radical (unpaired) electrons. The van der Waals surface area contributed by atoms with Crippen LogP contribution in [0, 0.1) is 6.92 Å². The lowest BCUT2D eigenvalue weighted by molar-refractivity contribution is 0.566. The second-order valence-electron chi connectivity index (χ2n) is 5.43. The molecule has 6 nitrogen and oxygen atoms in total. The fourth-order valence-corrected chi connectivity index (χ4v) is 3.75. The zero-order valence-corrected chi connectivity index (χ0v) is 15.0. The monoisotopic (exact) mass is 374 g/mol. The molecule has 10 heteroatoms. The molecule has 0 bridgehead atoms. The van der Waals surface area contributed by atoms with Crippen LogP contribution in [0.4, 0.5) is 5.69 Å². The highest BCUT2D eigenvalue weighted by atomic mass is 35.5. The molecule has 0 saturated carbocycles. The molecule has 0 aromatic heterocycles. The average molecular weight is 375 g/mol. The number of hydrogen-bond acceptors (Lipinski definition) is 4. The van der Waals surface area contributed by atoms with Gasteiger partial charge in [0.25, 0.3) is 0 Å². The minimum absolute atomic E-state index is 0.0711. The van der Waals surface area contributed by atoms with Gasteiger partial charge in [-0.05, 0) is 39.3 Å². The van der Waals surface area contributed by atoms with Crippen molar-refractivity contribution >= 4 is 48.9 Å². The van der Waals surface area contributed by atoms with Crippen molar-refractivity contribution in [2.24, 2.45) is 5.14 Å². The molecular formula is C11H16Cl2N2O4S2. The van der Waals surface area contributed by atoms with Crippen LogP contribution in [-0.2, 0) is 20.0 Å². The minimum Gasteiger partial charge on any atom is -0.280 e. The second-order valence-corrected chi connectivity index (χ2v) is 10.2. The number of rotatable bonds is 3. The van der Waals surface area contributed by atoms with E-state index in [4.69, 9.17) is 28.3 Å². The zero-order valence-electron chi connectivity index (χ0n) is 11.9. The summed E-state index contributed by atoms with van der Waals surface area (Å²) in [7, 11) is -7.77. The Bertz CT molecular complexity index is 781. The van der Waals surface area contributed by atoms with Crippen molar-refractivity contribution in [1.29, 1.82) is 0 Å². The van der Waals surface area contributed by atoms with Gasteiger partial charge >= 0.3 is 0 Å². The van der Waals surface area contributed by atoms with E-state index in [9.17, 15) is 16.8 Å². The Morgan fingerprint density at radius 1 is 1.14 bits per heavy atom. The van der Waals surface area contributed by atoms with E-state index >= 15 is 0 Å². The van der Waals surface area contributed by atoms with Crippen LogP contribution in [0.2, 0.25) is 10.0 Å². The van der Waals surface area contributed by atoms with Crippen LogP contribution >= 0.6 is 23.2 Å². The van der Waals surface area contributed by atoms with Gasteiger partial charge in [-0.25, -0.2) is 22.0 Å². The first-order valence-electron chi connectivity index (χ1n) is 5.72. The normalized spacial score (nSPS) is 13.3. The molecule has 120 valence electrons. The van der Waals surface area contributed by atoms with Gasteiger partial charge in [-0.3, -0.25) is 4.72 Å². The van der Waals surface area contributed by atoms with Crippen molar-refractivity contribution in [3.05, 3.63) is 21.7 Å². The van der Waals surface area contributed by atoms with Crippen molar-refractivity contribution in [2.45, 2.75) is 37.3 Å². The van der Waals surface area contributed by atoms with Crippen molar-refractivity contribution in [2.75, 3.05) is 4.72 Å². The molecule has 21 heavy (non-hydrogen) atoms. The molecule has 0 fully saturated rings. The SMILES string of the molecule is Cc1c(S(N)(=O)=O)cc(Cl)c(NS(=O)(=O)C(C)(C)C)c1Cl. The zero-order chi connectivity index (χ0) is 16.8. The lowest BCUT2D eigenvalue weighted by atomic mass is 10.2. The number of anilines is 1. The molecule has 0 aliphatic rings. The summed E-state index contributed by atoms with van der Waals surface area (Å²) >= 11 is 12.0. The molecule has 0 saturated heterocycles. The summed E-state index contributed by atoms with van der Waals surface area (Å²) in [6, 6.07) is 1.07. The first-order valence-corrected chi connectivity index (χ1v) is 9.51. The summed E-state index contributed by atoms with van der Waals surface area (Å²) in [5.74, 6) is 0. The molecule has 0 aliphatic carbocycles. The maximum absolute atomic E-state index is 12.1. The highest BCUT2D eigenvalue weighted by Crippen LogP contribution is 2.38. The smallest absolute Gasteiger partial charge is 0.238 e. The van der Waals surface area contributed by atoms with E-state index in [0.717, 1.165) is 6.07 Å². The van der Waals surface area contributed by atoms with Crippen molar-refractivity contribution in [1.82, 2.24) is 0 Å². The van der Waals surface area contributed by atoms with Gasteiger partial charge < -0.3 is 0 Å². The third-order valence-electron chi connectivity index (χ3n) is 2.76. The minimum atomic E-state index is -4.01. The van der Waals surface area contributed by atoms with Gasteiger partial charge in [0.15, 0.2) is 0 Å². The Kier molecular flexibility index (Phi) is 4.92. The molecule has 0 heterocycles. The number of benzene rings is 1. The van der Waals surface area contributed by atoms with Gasteiger partial charge in [0.2, 0.25) is 20.0 Å². The van der Waals surface area contributed by atoms with E-state index in [-0.39, 0.29) is 26.2 Å². The van der Waals surface area contributed by atoms with Crippen molar-refractivity contribution in [3.63, 3.8) is 0 Å². The van der Waals surface area contributed by atoms with E-state index in [0.29, 0.717) is 0 Å². The first kappa shape index (κ1) is 18.5. The first-order chi connectivity index (χ1) is 9.18. The van der Waals surface area contributed by atoms with E-state index in [1.807, 2.05) is 0 Å². The number of primary sulfonamides is 1. The van der Waals surface area contributed by atoms with Crippen LogP contribution in [-0.4, -0.2) is 21.6 Å². The largest absolute Gasteiger partial charge is 0.280 e. The van der Waals surface area contributed by atoms with Gasteiger partial charge in [0, 0.05) is 0 Å². The van der Waals surface area contributed by atoms with Gasteiger partial charge in [-0.15, -0.1) is 0 Å². The van der Waals surface area contributed by atoms with Gasteiger partial charge in [0.1, 0.15) is 0 Å². The summed E-state index contributed by atoms with van der Waals surface area (Å²) in [4.78, 5) is -0.254. The Labute approximate surface area is 134 Å². The molecule has 0 aliphatic heterocycles. The van der Waals surface area contributed by atoms with Crippen LogP contribution in [0.3, 0.4) is 0 Å². The fourth-order valence-electron chi connectivity index (χ4n) is 1.37. The Balaban J connectivity index is 3.54. The summed E-state index contributed by atoms with van der Waals surface area (Å²) in [5.41, 5.74) is 0.0494. The van der Waals surface area contributed by atoms with Crippen LogP contribution in [0.15, 0.2) is 11.0 Å². The Morgan fingerprint density at radius 2 is 1.62 bits per heavy atom. The maximum atomic E-state index is 12.1. The molecule has 0 amide bonds. The standard InChI is InChI=1S/C11H16Cl2N2O4S2/c1-6-8(20(14,16)17)5-7(12)10(9(6)13)15-21(18,19)11(2,3)4/h5,15H,1-4H3,(H2,14,16,17). The molecule has 1 aromatic carbocycles. The highest BCUT2D eigenvalue weighted by molar-refractivity contribution is 7.94. The summed E-state index contributed by atoms with van der Waals surface area (Å²) in [6.07, 6.45) is 0. The average Bonchev–Trinajstić information content (AvgIpc) is 2.26. The molecule has 3 N–H and O–H groups in total. The topological polar surface area (TPSA) is 106 Å². The molecule has 0 unspecified atom stereocenters. The van der Waals surface area contributed by atoms with Crippen molar-refractivity contribution in [3.8, 4) is 0 Å². The molecule has 0 spiro atoms. The maximum Gasteiger partial charge on any atom is 0.238 e.